The monoisotopic (exact) mass is 276 g/mol. The van der Waals surface area contributed by atoms with Gasteiger partial charge in [-0.05, 0) is 42.6 Å². The third-order valence-electron chi connectivity index (χ3n) is 2.83. The molecule has 4 nitrogen and oxygen atoms in total. The number of benzene rings is 1. The predicted octanol–water partition coefficient (Wildman–Crippen LogP) is 2.43. The molecule has 1 aromatic carbocycles. The molecule has 19 heavy (non-hydrogen) atoms. The van der Waals surface area contributed by atoms with Gasteiger partial charge in [-0.15, -0.1) is 0 Å². The number of hydrogen-bond donors (Lipinski definition) is 1. The van der Waals surface area contributed by atoms with Crippen molar-refractivity contribution in [3.63, 3.8) is 0 Å². The number of rotatable bonds is 5. The van der Waals surface area contributed by atoms with Crippen molar-refractivity contribution in [2.45, 2.75) is 13.3 Å². The van der Waals surface area contributed by atoms with Crippen molar-refractivity contribution in [3.8, 4) is 5.75 Å². The number of carbonyl (C=O) groups excluding carboxylic acids is 1. The molecule has 0 fully saturated rings. The van der Waals surface area contributed by atoms with Gasteiger partial charge >= 0.3 is 0 Å². The highest BCUT2D eigenvalue weighted by Crippen LogP contribution is 2.13. The van der Waals surface area contributed by atoms with Gasteiger partial charge in [-0.2, -0.15) is 4.37 Å². The lowest BCUT2D eigenvalue weighted by molar-refractivity contribution is 0.0954. The van der Waals surface area contributed by atoms with E-state index in [1.807, 2.05) is 31.2 Å². The van der Waals surface area contributed by atoms with Crippen LogP contribution in [0, 0.1) is 6.92 Å². The molecule has 0 radical (unpaired) electrons. The molecule has 1 amide bonds. The SMILES string of the molecule is COc1cccc(CCNC(=O)c2csnc2C)c1. The van der Waals surface area contributed by atoms with Crippen molar-refractivity contribution in [2.75, 3.05) is 13.7 Å². The zero-order chi connectivity index (χ0) is 13.7. The maximum atomic E-state index is 11.9. The van der Waals surface area contributed by atoms with Crippen LogP contribution in [0.4, 0.5) is 0 Å². The average molecular weight is 276 g/mol. The van der Waals surface area contributed by atoms with Gasteiger partial charge in [-0.25, -0.2) is 0 Å². The van der Waals surface area contributed by atoms with Crippen LogP contribution in [0.25, 0.3) is 0 Å². The Balaban J connectivity index is 1.86. The lowest BCUT2D eigenvalue weighted by Crippen LogP contribution is -2.25. The highest BCUT2D eigenvalue weighted by molar-refractivity contribution is 7.03. The number of amides is 1. The molecule has 0 atom stereocenters. The normalized spacial score (nSPS) is 10.2. The Kier molecular flexibility index (Phi) is 4.52. The third-order valence-corrected chi connectivity index (χ3v) is 3.55. The number of aromatic nitrogens is 1. The number of methoxy groups -OCH3 is 1. The minimum atomic E-state index is -0.0610. The van der Waals surface area contributed by atoms with Gasteiger partial charge in [0.2, 0.25) is 0 Å². The van der Waals surface area contributed by atoms with Crippen LogP contribution >= 0.6 is 11.5 Å². The Labute approximate surface area is 116 Å². The van der Waals surface area contributed by atoms with Gasteiger partial charge in [0.25, 0.3) is 5.91 Å². The van der Waals surface area contributed by atoms with Gasteiger partial charge in [0.15, 0.2) is 0 Å². The van der Waals surface area contributed by atoms with Crippen molar-refractivity contribution in [3.05, 3.63) is 46.5 Å². The summed E-state index contributed by atoms with van der Waals surface area (Å²) in [5.41, 5.74) is 2.58. The van der Waals surface area contributed by atoms with Crippen molar-refractivity contribution >= 4 is 17.4 Å². The summed E-state index contributed by atoms with van der Waals surface area (Å²) in [6.45, 7) is 2.44. The Hall–Kier alpha value is -1.88. The lowest BCUT2D eigenvalue weighted by Gasteiger charge is -2.06. The number of nitrogens with zero attached hydrogens (tertiary/aromatic N) is 1. The molecular formula is C14H16N2O2S. The lowest BCUT2D eigenvalue weighted by atomic mass is 10.1. The van der Waals surface area contributed by atoms with Gasteiger partial charge < -0.3 is 10.1 Å². The molecule has 2 aromatic rings. The van der Waals surface area contributed by atoms with E-state index in [1.54, 1.807) is 12.5 Å². The fourth-order valence-corrected chi connectivity index (χ4v) is 2.45. The Bertz CT molecular complexity index is 566. The molecule has 0 bridgehead atoms. The molecule has 0 spiro atoms. The molecule has 1 N–H and O–H groups in total. The molecule has 0 saturated carbocycles. The van der Waals surface area contributed by atoms with E-state index < -0.39 is 0 Å². The molecule has 5 heteroatoms. The number of aryl methyl sites for hydroxylation is 1. The van der Waals surface area contributed by atoms with Crippen molar-refractivity contribution < 1.29 is 9.53 Å². The summed E-state index contributed by atoms with van der Waals surface area (Å²) >= 11 is 1.30. The fraction of sp³-hybridized carbons (Fsp3) is 0.286. The van der Waals surface area contributed by atoms with E-state index >= 15 is 0 Å². The van der Waals surface area contributed by atoms with E-state index in [9.17, 15) is 4.79 Å². The Morgan fingerprint density at radius 1 is 1.47 bits per heavy atom. The fourth-order valence-electron chi connectivity index (χ4n) is 1.75. The Morgan fingerprint density at radius 2 is 2.32 bits per heavy atom. The zero-order valence-corrected chi connectivity index (χ0v) is 11.8. The number of nitrogens with one attached hydrogen (secondary N) is 1. The predicted molar refractivity (Wildman–Crippen MR) is 75.9 cm³/mol. The van der Waals surface area contributed by atoms with E-state index in [0.29, 0.717) is 12.1 Å². The van der Waals surface area contributed by atoms with E-state index in [4.69, 9.17) is 4.74 Å². The van der Waals surface area contributed by atoms with E-state index in [0.717, 1.165) is 23.4 Å². The van der Waals surface area contributed by atoms with Crippen LogP contribution in [-0.2, 0) is 6.42 Å². The van der Waals surface area contributed by atoms with Crippen LogP contribution < -0.4 is 10.1 Å². The van der Waals surface area contributed by atoms with Gasteiger partial charge in [0.1, 0.15) is 5.75 Å². The zero-order valence-electron chi connectivity index (χ0n) is 11.0. The number of hydrogen-bond acceptors (Lipinski definition) is 4. The molecule has 0 unspecified atom stereocenters. The van der Waals surface area contributed by atoms with Crippen molar-refractivity contribution in [2.24, 2.45) is 0 Å². The minimum absolute atomic E-state index is 0.0610. The summed E-state index contributed by atoms with van der Waals surface area (Å²) in [5, 5.41) is 4.67. The van der Waals surface area contributed by atoms with Gasteiger partial charge in [0, 0.05) is 11.9 Å². The molecule has 100 valence electrons. The maximum Gasteiger partial charge on any atom is 0.254 e. The second kappa shape index (κ2) is 6.33. The van der Waals surface area contributed by atoms with Crippen LogP contribution in [0.15, 0.2) is 29.6 Å². The highest BCUT2D eigenvalue weighted by Gasteiger charge is 2.10. The maximum absolute atomic E-state index is 11.9. The minimum Gasteiger partial charge on any atom is -0.497 e. The molecular weight excluding hydrogens is 260 g/mol. The average Bonchev–Trinajstić information content (AvgIpc) is 2.85. The Morgan fingerprint density at radius 3 is 3.00 bits per heavy atom. The molecule has 0 saturated heterocycles. The summed E-state index contributed by atoms with van der Waals surface area (Å²) in [7, 11) is 1.65. The first-order valence-corrected chi connectivity index (χ1v) is 6.86. The second-order valence-electron chi connectivity index (χ2n) is 4.17. The van der Waals surface area contributed by atoms with Crippen LogP contribution in [0.2, 0.25) is 0 Å². The van der Waals surface area contributed by atoms with Crippen LogP contribution in [-0.4, -0.2) is 23.9 Å². The molecule has 2 rings (SSSR count). The molecule has 0 aliphatic rings. The molecule has 1 aromatic heterocycles. The van der Waals surface area contributed by atoms with E-state index in [2.05, 4.69) is 9.69 Å². The van der Waals surface area contributed by atoms with Crippen LogP contribution in [0.3, 0.4) is 0 Å². The highest BCUT2D eigenvalue weighted by atomic mass is 32.1. The summed E-state index contributed by atoms with van der Waals surface area (Å²) in [5.74, 6) is 0.774. The van der Waals surface area contributed by atoms with Crippen LogP contribution in [0.1, 0.15) is 21.6 Å². The smallest absolute Gasteiger partial charge is 0.254 e. The summed E-state index contributed by atoms with van der Waals surface area (Å²) < 4.78 is 9.25. The topological polar surface area (TPSA) is 51.2 Å². The summed E-state index contributed by atoms with van der Waals surface area (Å²) in [6, 6.07) is 7.85. The van der Waals surface area contributed by atoms with E-state index in [1.165, 1.54) is 11.5 Å². The molecule has 0 aliphatic heterocycles. The number of ether oxygens (including phenoxy) is 1. The third kappa shape index (κ3) is 3.54. The first kappa shape index (κ1) is 13.5. The standard InChI is InChI=1S/C14H16N2O2S/c1-10-13(9-19-16-10)14(17)15-7-6-11-4-3-5-12(8-11)18-2/h3-5,8-9H,6-7H2,1-2H3,(H,15,17). The van der Waals surface area contributed by atoms with Gasteiger partial charge in [-0.1, -0.05) is 12.1 Å². The van der Waals surface area contributed by atoms with Gasteiger partial charge in [-0.3, -0.25) is 4.79 Å². The first-order chi connectivity index (χ1) is 9.20. The summed E-state index contributed by atoms with van der Waals surface area (Å²) in [4.78, 5) is 11.9. The van der Waals surface area contributed by atoms with Crippen molar-refractivity contribution in [1.29, 1.82) is 0 Å². The van der Waals surface area contributed by atoms with Crippen LogP contribution in [0.5, 0.6) is 5.75 Å². The van der Waals surface area contributed by atoms with E-state index in [-0.39, 0.29) is 5.91 Å². The second-order valence-corrected chi connectivity index (χ2v) is 4.80. The first-order valence-electron chi connectivity index (χ1n) is 6.03. The van der Waals surface area contributed by atoms with Crippen molar-refractivity contribution in [1.82, 2.24) is 9.69 Å². The quantitative estimate of drug-likeness (QED) is 0.912. The molecule has 0 aliphatic carbocycles. The largest absolute Gasteiger partial charge is 0.497 e. The van der Waals surface area contributed by atoms with Gasteiger partial charge in [0.05, 0.1) is 18.4 Å². The number of carbonyl (C=O) groups is 1. The molecule has 1 heterocycles. The summed E-state index contributed by atoms with van der Waals surface area (Å²) in [6.07, 6.45) is 0.777.